The smallest absolute Gasteiger partial charge is 0.0420 e. The van der Waals surface area contributed by atoms with Crippen molar-refractivity contribution in [2.45, 2.75) is 58.0 Å². The first-order valence-electron chi connectivity index (χ1n) is 7.94. The Morgan fingerprint density at radius 3 is 2.50 bits per heavy atom. The molecule has 0 aliphatic carbocycles. The first-order chi connectivity index (χ1) is 9.57. The Morgan fingerprint density at radius 1 is 1.30 bits per heavy atom. The van der Waals surface area contributed by atoms with E-state index in [0.29, 0.717) is 6.04 Å². The lowest BCUT2D eigenvalue weighted by molar-refractivity contribution is 0.110. The first kappa shape index (κ1) is 15.5. The summed E-state index contributed by atoms with van der Waals surface area (Å²) in [7, 11) is 2.07. The highest BCUT2D eigenvalue weighted by Gasteiger charge is 2.36. The number of nitrogens with zero attached hydrogens (tertiary/aromatic N) is 2. The van der Waals surface area contributed by atoms with Crippen LogP contribution >= 0.6 is 0 Å². The summed E-state index contributed by atoms with van der Waals surface area (Å²) in [6, 6.07) is 4.82. The zero-order chi connectivity index (χ0) is 14.6. The van der Waals surface area contributed by atoms with Crippen molar-refractivity contribution >= 4 is 0 Å². The molecule has 1 aliphatic rings. The van der Waals surface area contributed by atoms with Gasteiger partial charge in [-0.3, -0.25) is 9.88 Å². The Morgan fingerprint density at radius 2 is 2.00 bits per heavy atom. The van der Waals surface area contributed by atoms with Crippen molar-refractivity contribution in [2.24, 2.45) is 0 Å². The quantitative estimate of drug-likeness (QED) is 0.865. The van der Waals surface area contributed by atoms with Crippen molar-refractivity contribution in [2.75, 3.05) is 20.1 Å². The number of likely N-dealkylation sites (N-methyl/N-ethyl adjacent to an activating group) is 1. The molecule has 3 nitrogen and oxygen atoms in total. The Hall–Kier alpha value is -0.930. The molecule has 0 amide bonds. The van der Waals surface area contributed by atoms with Gasteiger partial charge >= 0.3 is 0 Å². The maximum absolute atomic E-state index is 4.62. The van der Waals surface area contributed by atoms with E-state index in [2.05, 4.69) is 55.2 Å². The van der Waals surface area contributed by atoms with Gasteiger partial charge < -0.3 is 5.32 Å². The van der Waals surface area contributed by atoms with Gasteiger partial charge in [0.05, 0.1) is 0 Å². The number of nitrogens with one attached hydrogen (secondary N) is 1. The van der Waals surface area contributed by atoms with Gasteiger partial charge in [0.15, 0.2) is 0 Å². The summed E-state index contributed by atoms with van der Waals surface area (Å²) < 4.78 is 0. The molecule has 1 aliphatic heterocycles. The van der Waals surface area contributed by atoms with Crippen LogP contribution in [0.3, 0.4) is 0 Å². The lowest BCUT2D eigenvalue weighted by Crippen LogP contribution is -2.57. The van der Waals surface area contributed by atoms with Gasteiger partial charge in [-0.2, -0.15) is 0 Å². The SMILES string of the molecule is CCc1ccc(CC(NC)C(C)(C)N2CCCC2)nc1. The van der Waals surface area contributed by atoms with Crippen molar-refractivity contribution in [3.05, 3.63) is 29.6 Å². The molecule has 0 spiro atoms. The summed E-state index contributed by atoms with van der Waals surface area (Å²) in [6.45, 7) is 9.35. The Kier molecular flexibility index (Phi) is 5.17. The second-order valence-corrected chi connectivity index (χ2v) is 6.40. The van der Waals surface area contributed by atoms with E-state index in [4.69, 9.17) is 0 Å². The minimum Gasteiger partial charge on any atom is -0.315 e. The molecule has 0 aromatic carbocycles. The van der Waals surface area contributed by atoms with Crippen LogP contribution in [0.15, 0.2) is 18.3 Å². The van der Waals surface area contributed by atoms with Gasteiger partial charge in [0.25, 0.3) is 0 Å². The molecule has 1 fully saturated rings. The van der Waals surface area contributed by atoms with Crippen molar-refractivity contribution in [1.29, 1.82) is 0 Å². The molecule has 1 aromatic rings. The Labute approximate surface area is 123 Å². The van der Waals surface area contributed by atoms with E-state index >= 15 is 0 Å². The van der Waals surface area contributed by atoms with Gasteiger partial charge in [0.1, 0.15) is 0 Å². The highest BCUT2D eigenvalue weighted by Crippen LogP contribution is 2.25. The summed E-state index contributed by atoms with van der Waals surface area (Å²) >= 11 is 0. The maximum Gasteiger partial charge on any atom is 0.0420 e. The molecule has 1 unspecified atom stereocenters. The fraction of sp³-hybridized carbons (Fsp3) is 0.706. The van der Waals surface area contributed by atoms with Crippen LogP contribution in [-0.2, 0) is 12.8 Å². The highest BCUT2D eigenvalue weighted by atomic mass is 15.2. The molecule has 1 atom stereocenters. The molecular weight excluding hydrogens is 246 g/mol. The molecule has 20 heavy (non-hydrogen) atoms. The van der Waals surface area contributed by atoms with Gasteiger partial charge in [0.2, 0.25) is 0 Å². The highest BCUT2D eigenvalue weighted by molar-refractivity contribution is 5.15. The van der Waals surface area contributed by atoms with E-state index in [9.17, 15) is 0 Å². The van der Waals surface area contributed by atoms with Gasteiger partial charge in [-0.25, -0.2) is 0 Å². The van der Waals surface area contributed by atoms with Gasteiger partial charge in [-0.05, 0) is 64.9 Å². The summed E-state index contributed by atoms with van der Waals surface area (Å²) in [5.41, 5.74) is 2.68. The molecule has 3 heteroatoms. The van der Waals surface area contributed by atoms with E-state index in [-0.39, 0.29) is 5.54 Å². The molecular formula is C17H29N3. The van der Waals surface area contributed by atoms with Crippen molar-refractivity contribution < 1.29 is 0 Å². The van der Waals surface area contributed by atoms with Crippen LogP contribution < -0.4 is 5.32 Å². The average Bonchev–Trinajstić information content (AvgIpc) is 3.00. The molecule has 112 valence electrons. The number of pyridine rings is 1. The monoisotopic (exact) mass is 275 g/mol. The first-order valence-corrected chi connectivity index (χ1v) is 7.94. The Balaban J connectivity index is 2.06. The van der Waals surface area contributed by atoms with E-state index in [0.717, 1.165) is 12.8 Å². The van der Waals surface area contributed by atoms with E-state index in [1.165, 1.54) is 37.2 Å². The normalized spacial score (nSPS) is 18.4. The minimum atomic E-state index is 0.177. The third-order valence-electron chi connectivity index (χ3n) is 4.83. The largest absolute Gasteiger partial charge is 0.315 e. The molecule has 2 heterocycles. The number of likely N-dealkylation sites (tertiary alicyclic amines) is 1. The molecule has 1 aromatic heterocycles. The average molecular weight is 275 g/mol. The standard InChI is InChI=1S/C17H29N3/c1-5-14-8-9-15(19-13-14)12-16(18-4)17(2,3)20-10-6-7-11-20/h8-9,13,16,18H,5-7,10-12H2,1-4H3. The maximum atomic E-state index is 4.62. The third-order valence-corrected chi connectivity index (χ3v) is 4.83. The topological polar surface area (TPSA) is 28.2 Å². The fourth-order valence-electron chi connectivity index (χ4n) is 3.21. The molecule has 1 N–H and O–H groups in total. The number of aryl methyl sites for hydroxylation is 1. The molecule has 1 saturated heterocycles. The van der Waals surface area contributed by atoms with Gasteiger partial charge in [-0.1, -0.05) is 13.0 Å². The summed E-state index contributed by atoms with van der Waals surface area (Å²) in [5.74, 6) is 0. The van der Waals surface area contributed by atoms with Crippen molar-refractivity contribution in [1.82, 2.24) is 15.2 Å². The van der Waals surface area contributed by atoms with Crippen molar-refractivity contribution in [3.63, 3.8) is 0 Å². The molecule has 0 radical (unpaired) electrons. The second-order valence-electron chi connectivity index (χ2n) is 6.40. The second kappa shape index (κ2) is 6.68. The van der Waals surface area contributed by atoms with Crippen molar-refractivity contribution in [3.8, 4) is 0 Å². The fourth-order valence-corrected chi connectivity index (χ4v) is 3.21. The van der Waals surface area contributed by atoms with Crippen LogP contribution in [0.25, 0.3) is 0 Å². The van der Waals surface area contributed by atoms with Crippen LogP contribution in [0.5, 0.6) is 0 Å². The van der Waals surface area contributed by atoms with Crippen LogP contribution in [0.1, 0.15) is 44.9 Å². The summed E-state index contributed by atoms with van der Waals surface area (Å²) in [6.07, 6.45) is 6.74. The number of hydrogen-bond acceptors (Lipinski definition) is 3. The van der Waals surface area contributed by atoms with Crippen LogP contribution in [0.4, 0.5) is 0 Å². The third kappa shape index (κ3) is 3.39. The Bertz CT molecular complexity index is 405. The zero-order valence-corrected chi connectivity index (χ0v) is 13.4. The van der Waals surface area contributed by atoms with E-state index in [1.807, 2.05) is 6.20 Å². The van der Waals surface area contributed by atoms with Crippen LogP contribution in [0.2, 0.25) is 0 Å². The number of hydrogen-bond donors (Lipinski definition) is 1. The molecule has 2 rings (SSSR count). The zero-order valence-electron chi connectivity index (χ0n) is 13.4. The number of rotatable bonds is 6. The number of aromatic nitrogens is 1. The lowest BCUT2D eigenvalue weighted by atomic mass is 9.89. The summed E-state index contributed by atoms with van der Waals surface area (Å²) in [4.78, 5) is 7.24. The minimum absolute atomic E-state index is 0.177. The van der Waals surface area contributed by atoms with Crippen LogP contribution in [0, 0.1) is 0 Å². The molecule has 0 bridgehead atoms. The predicted molar refractivity (Wildman–Crippen MR) is 85.1 cm³/mol. The van der Waals surface area contributed by atoms with Gasteiger partial charge in [0, 0.05) is 29.9 Å². The predicted octanol–water partition coefficient (Wildman–Crippen LogP) is 2.65. The van der Waals surface area contributed by atoms with Gasteiger partial charge in [-0.15, -0.1) is 0 Å². The van der Waals surface area contributed by atoms with E-state index < -0.39 is 0 Å². The van der Waals surface area contributed by atoms with Crippen LogP contribution in [-0.4, -0.2) is 41.6 Å². The lowest BCUT2D eigenvalue weighted by Gasteiger charge is -2.42. The molecule has 0 saturated carbocycles. The summed E-state index contributed by atoms with van der Waals surface area (Å²) in [5, 5.41) is 3.51. The van der Waals surface area contributed by atoms with E-state index in [1.54, 1.807) is 0 Å².